The lowest BCUT2D eigenvalue weighted by atomic mass is 10.0. The molecular weight excluding hydrogens is 416 g/mol. The highest BCUT2D eigenvalue weighted by atomic mass is 32.1. The standard InChI is InChI=1S/C26H26N4OS/c1-4-31-20-11-9-18(10-12-20)23-16(2)32-26-24(23)25(29-17(3)30-26)27-14-13-19-15-28-22-8-6-5-7-21(19)22/h5-12,15,28H,4,13-14H2,1-3H3,(H,27,29,30). The zero-order valence-electron chi connectivity index (χ0n) is 18.5. The molecule has 0 radical (unpaired) electrons. The van der Waals surface area contributed by atoms with Crippen molar-refractivity contribution in [1.29, 1.82) is 0 Å². The zero-order valence-corrected chi connectivity index (χ0v) is 19.3. The minimum absolute atomic E-state index is 0.664. The number of H-pyrrole nitrogens is 1. The number of rotatable bonds is 7. The van der Waals surface area contributed by atoms with E-state index >= 15 is 0 Å². The minimum atomic E-state index is 0.664. The fraction of sp³-hybridized carbons (Fsp3) is 0.231. The van der Waals surface area contributed by atoms with Gasteiger partial charge in [0, 0.05) is 34.1 Å². The molecule has 0 atom stereocenters. The van der Waals surface area contributed by atoms with Crippen molar-refractivity contribution in [1.82, 2.24) is 15.0 Å². The highest BCUT2D eigenvalue weighted by Crippen LogP contribution is 2.41. The average Bonchev–Trinajstić information content (AvgIpc) is 3.35. The van der Waals surface area contributed by atoms with Crippen molar-refractivity contribution in [2.45, 2.75) is 27.2 Å². The Morgan fingerprint density at radius 1 is 1.03 bits per heavy atom. The molecule has 3 aromatic heterocycles. The van der Waals surface area contributed by atoms with Crippen molar-refractivity contribution in [3.63, 3.8) is 0 Å². The van der Waals surface area contributed by atoms with Crippen LogP contribution < -0.4 is 10.1 Å². The van der Waals surface area contributed by atoms with E-state index in [1.165, 1.54) is 26.9 Å². The van der Waals surface area contributed by atoms with Crippen LogP contribution in [0, 0.1) is 13.8 Å². The first kappa shape index (κ1) is 20.5. The van der Waals surface area contributed by atoms with Gasteiger partial charge in [-0.15, -0.1) is 11.3 Å². The van der Waals surface area contributed by atoms with Crippen LogP contribution in [0.2, 0.25) is 0 Å². The zero-order chi connectivity index (χ0) is 22.1. The van der Waals surface area contributed by atoms with E-state index in [0.29, 0.717) is 6.61 Å². The van der Waals surface area contributed by atoms with E-state index < -0.39 is 0 Å². The molecule has 0 saturated carbocycles. The number of aromatic nitrogens is 3. The lowest BCUT2D eigenvalue weighted by Gasteiger charge is -2.11. The number of aryl methyl sites for hydroxylation is 2. The number of para-hydroxylation sites is 1. The predicted octanol–water partition coefficient (Wildman–Crippen LogP) is 6.51. The van der Waals surface area contributed by atoms with Gasteiger partial charge in [0.2, 0.25) is 0 Å². The van der Waals surface area contributed by atoms with E-state index in [-0.39, 0.29) is 0 Å². The summed E-state index contributed by atoms with van der Waals surface area (Å²) < 4.78 is 5.62. The molecule has 0 fully saturated rings. The molecule has 0 spiro atoms. The Morgan fingerprint density at radius 2 is 1.84 bits per heavy atom. The van der Waals surface area contributed by atoms with Crippen molar-refractivity contribution in [2.75, 3.05) is 18.5 Å². The molecule has 0 bridgehead atoms. The molecule has 2 aromatic carbocycles. The maximum absolute atomic E-state index is 5.62. The summed E-state index contributed by atoms with van der Waals surface area (Å²) in [6.07, 6.45) is 3.02. The first-order valence-corrected chi connectivity index (χ1v) is 11.8. The number of aromatic amines is 1. The lowest BCUT2D eigenvalue weighted by Crippen LogP contribution is -2.08. The molecule has 0 saturated heterocycles. The topological polar surface area (TPSA) is 62.8 Å². The Bertz CT molecular complexity index is 1380. The molecular formula is C26H26N4OS. The van der Waals surface area contributed by atoms with E-state index in [1.54, 1.807) is 11.3 Å². The van der Waals surface area contributed by atoms with Crippen LogP contribution >= 0.6 is 11.3 Å². The van der Waals surface area contributed by atoms with Gasteiger partial charge >= 0.3 is 0 Å². The summed E-state index contributed by atoms with van der Waals surface area (Å²) in [5.74, 6) is 2.57. The molecule has 3 heterocycles. The second-order valence-corrected chi connectivity index (χ2v) is 9.03. The predicted molar refractivity (Wildman–Crippen MR) is 134 cm³/mol. The van der Waals surface area contributed by atoms with Gasteiger partial charge in [-0.1, -0.05) is 30.3 Å². The summed E-state index contributed by atoms with van der Waals surface area (Å²) in [6.45, 7) is 7.57. The van der Waals surface area contributed by atoms with Crippen molar-refractivity contribution < 1.29 is 4.74 Å². The largest absolute Gasteiger partial charge is 0.494 e. The number of hydrogen-bond acceptors (Lipinski definition) is 5. The van der Waals surface area contributed by atoms with E-state index in [4.69, 9.17) is 14.7 Å². The lowest BCUT2D eigenvalue weighted by molar-refractivity contribution is 0.340. The van der Waals surface area contributed by atoms with Crippen LogP contribution in [0.25, 0.3) is 32.2 Å². The average molecular weight is 443 g/mol. The van der Waals surface area contributed by atoms with Gasteiger partial charge in [0.25, 0.3) is 0 Å². The monoisotopic (exact) mass is 442 g/mol. The number of thiophene rings is 1. The first-order chi connectivity index (χ1) is 15.6. The summed E-state index contributed by atoms with van der Waals surface area (Å²) in [6, 6.07) is 16.7. The minimum Gasteiger partial charge on any atom is -0.494 e. The number of nitrogens with zero attached hydrogens (tertiary/aromatic N) is 2. The molecule has 32 heavy (non-hydrogen) atoms. The van der Waals surface area contributed by atoms with Crippen LogP contribution in [0.1, 0.15) is 23.2 Å². The maximum Gasteiger partial charge on any atom is 0.139 e. The first-order valence-electron chi connectivity index (χ1n) is 10.9. The van der Waals surface area contributed by atoms with Crippen LogP contribution in [-0.2, 0) is 6.42 Å². The van der Waals surface area contributed by atoms with E-state index in [1.807, 2.05) is 26.0 Å². The fourth-order valence-corrected chi connectivity index (χ4v) is 5.32. The third-order valence-corrected chi connectivity index (χ3v) is 6.65. The van der Waals surface area contributed by atoms with Crippen molar-refractivity contribution in [3.8, 4) is 16.9 Å². The van der Waals surface area contributed by atoms with Crippen LogP contribution in [0.3, 0.4) is 0 Å². The highest BCUT2D eigenvalue weighted by Gasteiger charge is 2.18. The van der Waals surface area contributed by atoms with Gasteiger partial charge in [-0.3, -0.25) is 0 Å². The summed E-state index contributed by atoms with van der Waals surface area (Å²) >= 11 is 1.72. The number of benzene rings is 2. The third-order valence-electron chi connectivity index (χ3n) is 5.66. The van der Waals surface area contributed by atoms with Crippen LogP contribution in [0.4, 0.5) is 5.82 Å². The van der Waals surface area contributed by atoms with Gasteiger partial charge in [0.05, 0.1) is 12.0 Å². The Balaban J connectivity index is 1.47. The van der Waals surface area contributed by atoms with Crippen molar-refractivity contribution >= 4 is 38.3 Å². The molecule has 2 N–H and O–H groups in total. The van der Waals surface area contributed by atoms with E-state index in [0.717, 1.165) is 46.1 Å². The molecule has 162 valence electrons. The molecule has 5 rings (SSSR count). The third kappa shape index (κ3) is 3.82. The number of ether oxygens (including phenoxy) is 1. The molecule has 5 aromatic rings. The van der Waals surface area contributed by atoms with Crippen molar-refractivity contribution in [2.24, 2.45) is 0 Å². The second-order valence-electron chi connectivity index (χ2n) is 7.83. The number of hydrogen-bond donors (Lipinski definition) is 2. The van der Waals surface area contributed by atoms with Gasteiger partial charge in [0.15, 0.2) is 0 Å². The Morgan fingerprint density at radius 3 is 2.66 bits per heavy atom. The summed E-state index contributed by atoms with van der Waals surface area (Å²) in [5, 5.41) is 5.98. The smallest absolute Gasteiger partial charge is 0.139 e. The summed E-state index contributed by atoms with van der Waals surface area (Å²) in [4.78, 5) is 15.1. The molecule has 0 aliphatic rings. The Kier molecular flexibility index (Phi) is 5.53. The van der Waals surface area contributed by atoms with Gasteiger partial charge in [-0.05, 0) is 56.5 Å². The van der Waals surface area contributed by atoms with Crippen molar-refractivity contribution in [3.05, 3.63) is 71.0 Å². The number of fused-ring (bicyclic) bond motifs is 2. The molecule has 0 aliphatic carbocycles. The summed E-state index contributed by atoms with van der Waals surface area (Å²) in [5.41, 5.74) is 4.84. The van der Waals surface area contributed by atoms with Gasteiger partial charge in [-0.2, -0.15) is 0 Å². The number of anilines is 1. The molecule has 0 aliphatic heterocycles. The molecule has 5 nitrogen and oxygen atoms in total. The van der Waals surface area contributed by atoms with Gasteiger partial charge in [-0.25, -0.2) is 9.97 Å². The van der Waals surface area contributed by atoms with Gasteiger partial charge < -0.3 is 15.0 Å². The van der Waals surface area contributed by atoms with Crippen LogP contribution in [0.5, 0.6) is 5.75 Å². The van der Waals surface area contributed by atoms with E-state index in [2.05, 4.69) is 59.8 Å². The van der Waals surface area contributed by atoms with Gasteiger partial charge in [0.1, 0.15) is 22.2 Å². The highest BCUT2D eigenvalue weighted by molar-refractivity contribution is 7.19. The molecule has 0 amide bonds. The normalized spacial score (nSPS) is 11.3. The summed E-state index contributed by atoms with van der Waals surface area (Å²) in [7, 11) is 0. The Labute approximate surface area is 191 Å². The van der Waals surface area contributed by atoms with E-state index in [9.17, 15) is 0 Å². The van der Waals surface area contributed by atoms with Crippen LogP contribution in [-0.4, -0.2) is 28.1 Å². The van der Waals surface area contributed by atoms with Crippen LogP contribution in [0.15, 0.2) is 54.7 Å². The maximum atomic E-state index is 5.62. The number of nitrogens with one attached hydrogen (secondary N) is 2. The molecule has 6 heteroatoms. The molecule has 0 unspecified atom stereocenters. The quantitative estimate of drug-likeness (QED) is 0.302. The Hall–Kier alpha value is -3.38. The fourth-order valence-electron chi connectivity index (χ4n) is 4.23. The second kappa shape index (κ2) is 8.63. The SMILES string of the molecule is CCOc1ccc(-c2c(C)sc3nc(C)nc(NCCc4c[nH]c5ccccc45)c23)cc1.